The van der Waals surface area contributed by atoms with Gasteiger partial charge < -0.3 is 10.4 Å². The maximum absolute atomic E-state index is 11.6. The van der Waals surface area contributed by atoms with Gasteiger partial charge >= 0.3 is 5.97 Å². The van der Waals surface area contributed by atoms with Gasteiger partial charge in [-0.25, -0.2) is 4.68 Å². The number of carbonyl (C=O) groups is 2. The van der Waals surface area contributed by atoms with Gasteiger partial charge in [0.1, 0.15) is 12.9 Å². The molecule has 92 valence electrons. The first-order valence-corrected chi connectivity index (χ1v) is 5.38. The van der Waals surface area contributed by atoms with Crippen LogP contribution in [0.4, 0.5) is 0 Å². The highest BCUT2D eigenvalue weighted by Gasteiger charge is 2.30. The zero-order chi connectivity index (χ0) is 12.3. The SMILES string of the molecule is O=C(Cn1cnnn1)N[C@H]1CC[C@@H](C(=O)O)C1. The molecule has 0 radical (unpaired) electrons. The Morgan fingerprint density at radius 2 is 2.29 bits per heavy atom. The Balaban J connectivity index is 1.78. The van der Waals surface area contributed by atoms with E-state index in [2.05, 4.69) is 20.8 Å². The van der Waals surface area contributed by atoms with E-state index in [9.17, 15) is 9.59 Å². The van der Waals surface area contributed by atoms with E-state index in [1.54, 1.807) is 0 Å². The summed E-state index contributed by atoms with van der Waals surface area (Å²) in [7, 11) is 0. The van der Waals surface area contributed by atoms with Crippen LogP contribution in [-0.2, 0) is 16.1 Å². The molecule has 1 amide bonds. The van der Waals surface area contributed by atoms with Crippen molar-refractivity contribution in [3.05, 3.63) is 6.33 Å². The van der Waals surface area contributed by atoms with Gasteiger partial charge in [0.05, 0.1) is 5.92 Å². The number of aliphatic carboxylic acids is 1. The Morgan fingerprint density at radius 1 is 1.47 bits per heavy atom. The summed E-state index contributed by atoms with van der Waals surface area (Å²) in [5, 5.41) is 22.0. The van der Waals surface area contributed by atoms with Crippen LogP contribution in [-0.4, -0.2) is 43.2 Å². The van der Waals surface area contributed by atoms with E-state index < -0.39 is 5.97 Å². The molecule has 1 aromatic rings. The molecule has 17 heavy (non-hydrogen) atoms. The van der Waals surface area contributed by atoms with Gasteiger partial charge in [-0.3, -0.25) is 9.59 Å². The number of carboxylic acids is 1. The highest BCUT2D eigenvalue weighted by Crippen LogP contribution is 2.25. The molecule has 8 heteroatoms. The molecule has 1 fully saturated rings. The number of carbonyl (C=O) groups excluding carboxylic acids is 1. The largest absolute Gasteiger partial charge is 0.481 e. The number of nitrogens with zero attached hydrogens (tertiary/aromatic N) is 4. The van der Waals surface area contributed by atoms with E-state index >= 15 is 0 Å². The number of tetrazole rings is 1. The van der Waals surface area contributed by atoms with Crippen molar-refractivity contribution in [1.82, 2.24) is 25.5 Å². The van der Waals surface area contributed by atoms with Crippen LogP contribution >= 0.6 is 0 Å². The second kappa shape index (κ2) is 4.89. The number of hydrogen-bond donors (Lipinski definition) is 2. The maximum atomic E-state index is 11.6. The molecule has 2 atom stereocenters. The molecule has 0 spiro atoms. The first-order chi connectivity index (χ1) is 8.15. The number of rotatable bonds is 4. The molecule has 8 nitrogen and oxygen atoms in total. The number of nitrogens with one attached hydrogen (secondary N) is 1. The van der Waals surface area contributed by atoms with E-state index in [4.69, 9.17) is 5.11 Å². The van der Waals surface area contributed by atoms with E-state index in [0.29, 0.717) is 19.3 Å². The molecule has 0 saturated heterocycles. The fourth-order valence-corrected chi connectivity index (χ4v) is 2.01. The van der Waals surface area contributed by atoms with Crippen molar-refractivity contribution in [3.8, 4) is 0 Å². The van der Waals surface area contributed by atoms with Crippen molar-refractivity contribution in [2.24, 2.45) is 5.92 Å². The first kappa shape index (κ1) is 11.5. The molecule has 2 N–H and O–H groups in total. The summed E-state index contributed by atoms with van der Waals surface area (Å²) in [6, 6.07) is -0.0555. The predicted molar refractivity (Wildman–Crippen MR) is 54.7 cm³/mol. The summed E-state index contributed by atoms with van der Waals surface area (Å²) < 4.78 is 1.32. The highest BCUT2D eigenvalue weighted by atomic mass is 16.4. The quantitative estimate of drug-likeness (QED) is 0.700. The average molecular weight is 239 g/mol. The highest BCUT2D eigenvalue weighted by molar-refractivity contribution is 5.76. The van der Waals surface area contributed by atoms with Crippen LogP contribution < -0.4 is 5.32 Å². The van der Waals surface area contributed by atoms with Gasteiger partial charge in [0, 0.05) is 6.04 Å². The van der Waals surface area contributed by atoms with Crippen LogP contribution in [0.15, 0.2) is 6.33 Å². The second-order valence-corrected chi connectivity index (χ2v) is 4.12. The fraction of sp³-hybridized carbons (Fsp3) is 0.667. The first-order valence-electron chi connectivity index (χ1n) is 5.38. The predicted octanol–water partition coefficient (Wildman–Crippen LogP) is -0.957. The van der Waals surface area contributed by atoms with Crippen LogP contribution in [0, 0.1) is 5.92 Å². The molecule has 1 heterocycles. The van der Waals surface area contributed by atoms with Crippen molar-refractivity contribution in [1.29, 1.82) is 0 Å². The molecule has 2 rings (SSSR count). The number of hydrogen-bond acceptors (Lipinski definition) is 5. The molecule has 1 aliphatic rings. The lowest BCUT2D eigenvalue weighted by Crippen LogP contribution is -2.35. The normalized spacial score (nSPS) is 23.5. The van der Waals surface area contributed by atoms with Gasteiger partial charge in [-0.1, -0.05) is 0 Å². The average Bonchev–Trinajstić information content (AvgIpc) is 2.88. The van der Waals surface area contributed by atoms with Crippen LogP contribution in [0.25, 0.3) is 0 Å². The number of carboxylic acid groups (broad SMARTS) is 1. The Labute approximate surface area is 97.0 Å². The zero-order valence-electron chi connectivity index (χ0n) is 9.11. The third-order valence-corrected chi connectivity index (χ3v) is 2.84. The minimum Gasteiger partial charge on any atom is -0.481 e. The zero-order valence-corrected chi connectivity index (χ0v) is 9.11. The summed E-state index contributed by atoms with van der Waals surface area (Å²) in [5.74, 6) is -1.33. The molecule has 0 unspecified atom stereocenters. The van der Waals surface area contributed by atoms with Gasteiger partial charge in [-0.2, -0.15) is 0 Å². The minimum absolute atomic E-state index is 0.0555. The van der Waals surface area contributed by atoms with Crippen molar-refractivity contribution in [2.45, 2.75) is 31.8 Å². The summed E-state index contributed by atoms with van der Waals surface area (Å²) in [6.07, 6.45) is 3.18. The molecule has 0 bridgehead atoms. The second-order valence-electron chi connectivity index (χ2n) is 4.12. The topological polar surface area (TPSA) is 110 Å². The summed E-state index contributed by atoms with van der Waals surface area (Å²) in [5.41, 5.74) is 0. The Bertz CT molecular complexity index is 405. The molecule has 1 saturated carbocycles. The molecule has 0 aliphatic heterocycles. The van der Waals surface area contributed by atoms with Crippen LogP contribution in [0.3, 0.4) is 0 Å². The lowest BCUT2D eigenvalue weighted by molar-refractivity contribution is -0.141. The van der Waals surface area contributed by atoms with Crippen molar-refractivity contribution < 1.29 is 14.7 Å². The van der Waals surface area contributed by atoms with E-state index in [0.717, 1.165) is 0 Å². The van der Waals surface area contributed by atoms with Gasteiger partial charge in [-0.05, 0) is 29.7 Å². The number of aromatic nitrogens is 4. The molecular formula is C9H13N5O3. The Morgan fingerprint density at radius 3 is 2.88 bits per heavy atom. The third-order valence-electron chi connectivity index (χ3n) is 2.84. The Kier molecular flexibility index (Phi) is 3.31. The summed E-state index contributed by atoms with van der Waals surface area (Å²) in [4.78, 5) is 22.3. The van der Waals surface area contributed by atoms with Crippen molar-refractivity contribution in [3.63, 3.8) is 0 Å². The maximum Gasteiger partial charge on any atom is 0.306 e. The minimum atomic E-state index is -0.790. The van der Waals surface area contributed by atoms with Gasteiger partial charge in [0.15, 0.2) is 0 Å². The monoisotopic (exact) mass is 239 g/mol. The van der Waals surface area contributed by atoms with Gasteiger partial charge in [0.2, 0.25) is 5.91 Å². The summed E-state index contributed by atoms with van der Waals surface area (Å²) in [6.45, 7) is 0.0568. The van der Waals surface area contributed by atoms with Crippen molar-refractivity contribution >= 4 is 11.9 Å². The van der Waals surface area contributed by atoms with Gasteiger partial charge in [0.25, 0.3) is 0 Å². The lowest BCUT2D eigenvalue weighted by Gasteiger charge is -2.11. The van der Waals surface area contributed by atoms with Crippen LogP contribution in [0.2, 0.25) is 0 Å². The lowest BCUT2D eigenvalue weighted by atomic mass is 10.1. The molecule has 1 aromatic heterocycles. The van der Waals surface area contributed by atoms with E-state index in [1.807, 2.05) is 0 Å². The smallest absolute Gasteiger partial charge is 0.306 e. The fourth-order valence-electron chi connectivity index (χ4n) is 2.01. The van der Waals surface area contributed by atoms with Gasteiger partial charge in [-0.15, -0.1) is 5.10 Å². The van der Waals surface area contributed by atoms with Crippen LogP contribution in [0.1, 0.15) is 19.3 Å². The molecule has 0 aromatic carbocycles. The molecule has 1 aliphatic carbocycles. The third kappa shape index (κ3) is 2.99. The Hall–Kier alpha value is -1.99. The summed E-state index contributed by atoms with van der Waals surface area (Å²) >= 11 is 0. The van der Waals surface area contributed by atoms with Crippen molar-refractivity contribution in [2.75, 3.05) is 0 Å². The number of amides is 1. The van der Waals surface area contributed by atoms with Crippen LogP contribution in [0.5, 0.6) is 0 Å². The standard InChI is InChI=1S/C9H13N5O3/c15-8(4-14-5-10-12-13-14)11-7-2-1-6(3-7)9(16)17/h5-7H,1-4H2,(H,11,15)(H,16,17)/t6-,7+/m1/s1. The molecular weight excluding hydrogens is 226 g/mol. The van der Waals surface area contributed by atoms with E-state index in [1.165, 1.54) is 11.0 Å². The van der Waals surface area contributed by atoms with E-state index in [-0.39, 0.29) is 24.4 Å².